The van der Waals surface area contributed by atoms with Gasteiger partial charge in [-0.05, 0) is 33.1 Å². The van der Waals surface area contributed by atoms with Gasteiger partial charge < -0.3 is 14.3 Å². The van der Waals surface area contributed by atoms with E-state index in [2.05, 4.69) is 6.92 Å². The third kappa shape index (κ3) is 7.83. The van der Waals surface area contributed by atoms with Gasteiger partial charge in [-0.25, -0.2) is 0 Å². The maximum atomic E-state index is 12.1. The SMILES string of the molecule is CCCCC[C@@H](CC(C)=O)C(C(=O)OCC)C(=O)OCC. The molecule has 0 aliphatic rings. The topological polar surface area (TPSA) is 69.7 Å². The first-order chi connectivity index (χ1) is 9.97. The van der Waals surface area contributed by atoms with Gasteiger partial charge in [-0.1, -0.05) is 26.2 Å². The zero-order valence-corrected chi connectivity index (χ0v) is 13.6. The molecular formula is C16H28O5. The van der Waals surface area contributed by atoms with Crippen LogP contribution in [0.1, 0.15) is 59.8 Å². The van der Waals surface area contributed by atoms with Gasteiger partial charge in [0.15, 0.2) is 5.92 Å². The standard InChI is InChI=1S/C16H28O5/c1-5-8-9-10-13(11-12(4)17)14(15(18)20-6-2)16(19)21-7-3/h13-14H,5-11H2,1-4H3/t13-/m0/s1. The van der Waals surface area contributed by atoms with Gasteiger partial charge >= 0.3 is 11.9 Å². The van der Waals surface area contributed by atoms with Gasteiger partial charge in [0.1, 0.15) is 5.78 Å². The van der Waals surface area contributed by atoms with E-state index in [1.165, 1.54) is 6.92 Å². The Balaban J connectivity index is 5.07. The highest BCUT2D eigenvalue weighted by molar-refractivity contribution is 5.95. The van der Waals surface area contributed by atoms with Crippen LogP contribution in [0.25, 0.3) is 0 Å². The van der Waals surface area contributed by atoms with Gasteiger partial charge in [0.25, 0.3) is 0 Å². The molecule has 5 nitrogen and oxygen atoms in total. The average molecular weight is 300 g/mol. The lowest BCUT2D eigenvalue weighted by atomic mass is 9.84. The Morgan fingerprint density at radius 1 is 0.905 bits per heavy atom. The van der Waals surface area contributed by atoms with E-state index in [0.29, 0.717) is 6.42 Å². The number of carbonyl (C=O) groups is 3. The highest BCUT2D eigenvalue weighted by atomic mass is 16.6. The van der Waals surface area contributed by atoms with Gasteiger partial charge in [0.2, 0.25) is 0 Å². The van der Waals surface area contributed by atoms with Crippen LogP contribution in [0.4, 0.5) is 0 Å². The van der Waals surface area contributed by atoms with E-state index in [-0.39, 0.29) is 31.3 Å². The summed E-state index contributed by atoms with van der Waals surface area (Å²) in [4.78, 5) is 35.6. The molecule has 0 saturated carbocycles. The molecule has 0 N–H and O–H groups in total. The summed E-state index contributed by atoms with van der Waals surface area (Å²) in [5, 5.41) is 0. The third-order valence-corrected chi connectivity index (χ3v) is 3.28. The van der Waals surface area contributed by atoms with Crippen molar-refractivity contribution in [1.29, 1.82) is 0 Å². The molecule has 0 aromatic rings. The lowest BCUT2D eigenvalue weighted by molar-refractivity contribution is -0.164. The van der Waals surface area contributed by atoms with Gasteiger partial charge in [-0.15, -0.1) is 0 Å². The minimum Gasteiger partial charge on any atom is -0.465 e. The van der Waals surface area contributed by atoms with Crippen molar-refractivity contribution in [2.75, 3.05) is 13.2 Å². The Labute approximate surface area is 127 Å². The molecule has 0 aromatic carbocycles. The maximum absolute atomic E-state index is 12.1. The van der Waals surface area contributed by atoms with E-state index in [9.17, 15) is 14.4 Å². The second kappa shape index (κ2) is 11.3. The van der Waals surface area contributed by atoms with Gasteiger partial charge in [-0.2, -0.15) is 0 Å². The molecule has 0 amide bonds. The number of ether oxygens (including phenoxy) is 2. The molecule has 0 fully saturated rings. The van der Waals surface area contributed by atoms with E-state index in [4.69, 9.17) is 9.47 Å². The molecule has 0 aliphatic heterocycles. The first-order valence-corrected chi connectivity index (χ1v) is 7.80. The van der Waals surface area contributed by atoms with Crippen molar-refractivity contribution in [3.05, 3.63) is 0 Å². The van der Waals surface area contributed by atoms with E-state index in [0.717, 1.165) is 19.3 Å². The number of esters is 2. The molecule has 0 saturated heterocycles. The van der Waals surface area contributed by atoms with Crippen molar-refractivity contribution >= 4 is 17.7 Å². The van der Waals surface area contributed by atoms with E-state index in [1.54, 1.807) is 13.8 Å². The van der Waals surface area contributed by atoms with Crippen LogP contribution in [-0.2, 0) is 23.9 Å². The summed E-state index contributed by atoms with van der Waals surface area (Å²) in [5.74, 6) is -2.54. The minimum absolute atomic E-state index is 0.0323. The van der Waals surface area contributed by atoms with Crippen molar-refractivity contribution in [3.8, 4) is 0 Å². The van der Waals surface area contributed by atoms with Crippen LogP contribution in [0.5, 0.6) is 0 Å². The molecule has 1 atom stereocenters. The molecule has 0 bridgehead atoms. The molecule has 0 aromatic heterocycles. The molecule has 0 spiro atoms. The zero-order chi connectivity index (χ0) is 16.3. The maximum Gasteiger partial charge on any atom is 0.320 e. The summed E-state index contributed by atoms with van der Waals surface area (Å²) in [6.07, 6.45) is 3.77. The van der Waals surface area contributed by atoms with Gasteiger partial charge in [-0.3, -0.25) is 9.59 Å². The Morgan fingerprint density at radius 2 is 1.43 bits per heavy atom. The fourth-order valence-corrected chi connectivity index (χ4v) is 2.36. The number of unbranched alkanes of at least 4 members (excludes halogenated alkanes) is 2. The Hall–Kier alpha value is -1.39. The fraction of sp³-hybridized carbons (Fsp3) is 0.812. The van der Waals surface area contributed by atoms with E-state index < -0.39 is 17.9 Å². The Kier molecular flexibility index (Phi) is 10.5. The molecule has 122 valence electrons. The van der Waals surface area contributed by atoms with Crippen molar-refractivity contribution in [3.63, 3.8) is 0 Å². The van der Waals surface area contributed by atoms with E-state index >= 15 is 0 Å². The first kappa shape index (κ1) is 19.6. The molecule has 0 unspecified atom stereocenters. The van der Waals surface area contributed by atoms with Gasteiger partial charge in [0, 0.05) is 6.42 Å². The minimum atomic E-state index is -0.995. The lowest BCUT2D eigenvalue weighted by Crippen LogP contribution is -2.35. The molecule has 5 heteroatoms. The smallest absolute Gasteiger partial charge is 0.320 e. The quantitative estimate of drug-likeness (QED) is 0.333. The van der Waals surface area contributed by atoms with E-state index in [1.807, 2.05) is 0 Å². The summed E-state index contributed by atoms with van der Waals surface area (Å²) in [7, 11) is 0. The molecule has 0 rings (SSSR count). The number of Topliss-reactive ketones (excluding diaryl/α,β-unsaturated/α-hetero) is 1. The van der Waals surface area contributed by atoms with Crippen molar-refractivity contribution < 1.29 is 23.9 Å². The van der Waals surface area contributed by atoms with Crippen molar-refractivity contribution in [1.82, 2.24) is 0 Å². The Morgan fingerprint density at radius 3 is 1.81 bits per heavy atom. The third-order valence-electron chi connectivity index (χ3n) is 3.28. The fourth-order valence-electron chi connectivity index (χ4n) is 2.36. The molecule has 0 aliphatic carbocycles. The predicted octanol–water partition coefficient (Wildman–Crippen LogP) is 2.90. The normalized spacial score (nSPS) is 12.0. The van der Waals surface area contributed by atoms with Gasteiger partial charge in [0.05, 0.1) is 13.2 Å². The summed E-state index contributed by atoms with van der Waals surface area (Å²) in [6.45, 7) is 7.34. The average Bonchev–Trinajstić information content (AvgIpc) is 2.39. The monoisotopic (exact) mass is 300 g/mol. The van der Waals surface area contributed by atoms with Crippen LogP contribution in [-0.4, -0.2) is 30.9 Å². The number of ketones is 1. The summed E-state index contributed by atoms with van der Waals surface area (Å²) in [5.41, 5.74) is 0. The molecule has 21 heavy (non-hydrogen) atoms. The van der Waals surface area contributed by atoms with Crippen LogP contribution in [0.2, 0.25) is 0 Å². The Bertz CT molecular complexity index is 320. The molecular weight excluding hydrogens is 272 g/mol. The molecule has 0 heterocycles. The van der Waals surface area contributed by atoms with Crippen LogP contribution in [0.3, 0.4) is 0 Å². The van der Waals surface area contributed by atoms with Crippen LogP contribution in [0.15, 0.2) is 0 Å². The number of hydrogen-bond donors (Lipinski definition) is 0. The summed E-state index contributed by atoms with van der Waals surface area (Å²) in [6, 6.07) is 0. The van der Waals surface area contributed by atoms with Crippen LogP contribution in [0, 0.1) is 11.8 Å². The summed E-state index contributed by atoms with van der Waals surface area (Å²) >= 11 is 0. The van der Waals surface area contributed by atoms with Crippen LogP contribution >= 0.6 is 0 Å². The number of hydrogen-bond acceptors (Lipinski definition) is 5. The number of carbonyl (C=O) groups excluding carboxylic acids is 3. The molecule has 0 radical (unpaired) electrons. The number of rotatable bonds is 11. The second-order valence-corrected chi connectivity index (χ2v) is 5.14. The summed E-state index contributed by atoms with van der Waals surface area (Å²) < 4.78 is 9.98. The highest BCUT2D eigenvalue weighted by Crippen LogP contribution is 2.26. The largest absolute Gasteiger partial charge is 0.465 e. The first-order valence-electron chi connectivity index (χ1n) is 7.80. The van der Waals surface area contributed by atoms with Crippen LogP contribution < -0.4 is 0 Å². The van der Waals surface area contributed by atoms with Crippen molar-refractivity contribution in [2.24, 2.45) is 11.8 Å². The highest BCUT2D eigenvalue weighted by Gasteiger charge is 2.37. The lowest BCUT2D eigenvalue weighted by Gasteiger charge is -2.23. The van der Waals surface area contributed by atoms with Crippen molar-refractivity contribution in [2.45, 2.75) is 59.8 Å². The predicted molar refractivity (Wildman–Crippen MR) is 79.7 cm³/mol. The zero-order valence-electron chi connectivity index (χ0n) is 13.6. The second-order valence-electron chi connectivity index (χ2n) is 5.14.